The van der Waals surface area contributed by atoms with Gasteiger partial charge in [-0.2, -0.15) is 0 Å². The molecule has 0 amide bonds. The first-order valence-corrected chi connectivity index (χ1v) is 5.21. The van der Waals surface area contributed by atoms with Gasteiger partial charge in [0.2, 0.25) is 0 Å². The average Bonchev–Trinajstić information content (AvgIpc) is 2.76. The van der Waals surface area contributed by atoms with E-state index in [9.17, 15) is 4.79 Å². The first-order chi connectivity index (χ1) is 7.79. The molecule has 0 radical (unpaired) electrons. The van der Waals surface area contributed by atoms with E-state index < -0.39 is 0 Å². The number of halogens is 1. The summed E-state index contributed by atoms with van der Waals surface area (Å²) < 4.78 is 0. The summed E-state index contributed by atoms with van der Waals surface area (Å²) in [5.41, 5.74) is 1.20. The standard InChI is InChI=1S/C8H5ClN2O.C2H6.CH4O/c9-6-1-5-2-7(4-12)11-8(5)10-3-6;2*1-2/h1-4H,(H,10,11);1-2H3;2H,1H3. The number of nitrogens with zero attached hydrogens (tertiary/aromatic N) is 1. The fraction of sp³-hybridized carbons (Fsp3) is 0.273. The third-order valence-corrected chi connectivity index (χ3v) is 1.79. The van der Waals surface area contributed by atoms with Crippen LogP contribution in [0, 0.1) is 0 Å². The molecule has 0 spiro atoms. The van der Waals surface area contributed by atoms with E-state index >= 15 is 0 Å². The van der Waals surface area contributed by atoms with E-state index in [2.05, 4.69) is 9.97 Å². The SMILES string of the molecule is CC.CO.O=Cc1cc2cc(Cl)cnc2[nH]1. The van der Waals surface area contributed by atoms with Gasteiger partial charge in [0.1, 0.15) is 5.65 Å². The molecule has 0 bridgehead atoms. The number of carbonyl (C=O) groups is 1. The minimum absolute atomic E-state index is 0.514. The molecule has 2 N–H and O–H groups in total. The summed E-state index contributed by atoms with van der Waals surface area (Å²) in [6.07, 6.45) is 2.28. The molecule has 2 aromatic rings. The van der Waals surface area contributed by atoms with Gasteiger partial charge in [0.25, 0.3) is 0 Å². The van der Waals surface area contributed by atoms with Gasteiger partial charge in [-0.25, -0.2) is 4.98 Å². The van der Waals surface area contributed by atoms with Crippen molar-refractivity contribution in [3.05, 3.63) is 29.0 Å². The topological polar surface area (TPSA) is 66.0 Å². The third-order valence-electron chi connectivity index (χ3n) is 1.58. The predicted molar refractivity (Wildman–Crippen MR) is 66.0 cm³/mol. The minimum atomic E-state index is 0.514. The molecule has 0 aliphatic heterocycles. The van der Waals surface area contributed by atoms with Crippen molar-refractivity contribution in [1.82, 2.24) is 9.97 Å². The maximum absolute atomic E-state index is 10.4. The lowest BCUT2D eigenvalue weighted by atomic mass is 10.3. The molecule has 4 nitrogen and oxygen atoms in total. The van der Waals surface area contributed by atoms with Crippen molar-refractivity contribution in [2.75, 3.05) is 7.11 Å². The molecule has 88 valence electrons. The number of nitrogens with one attached hydrogen (secondary N) is 1. The monoisotopic (exact) mass is 242 g/mol. The second-order valence-electron chi connectivity index (χ2n) is 2.43. The number of pyridine rings is 1. The fourth-order valence-corrected chi connectivity index (χ4v) is 1.24. The van der Waals surface area contributed by atoms with Crippen molar-refractivity contribution in [3.8, 4) is 0 Å². The Bertz CT molecular complexity index is 440. The largest absolute Gasteiger partial charge is 0.400 e. The molecule has 0 unspecified atom stereocenters. The van der Waals surface area contributed by atoms with Crippen LogP contribution in [-0.2, 0) is 0 Å². The highest BCUT2D eigenvalue weighted by Gasteiger charge is 2.00. The molecule has 0 aliphatic carbocycles. The smallest absolute Gasteiger partial charge is 0.166 e. The highest BCUT2D eigenvalue weighted by molar-refractivity contribution is 6.31. The van der Waals surface area contributed by atoms with Crippen molar-refractivity contribution in [2.45, 2.75) is 13.8 Å². The summed E-state index contributed by atoms with van der Waals surface area (Å²) in [5, 5.41) is 8.42. The molecule has 2 aromatic heterocycles. The van der Waals surface area contributed by atoms with Crippen LogP contribution in [0.1, 0.15) is 24.3 Å². The molecule has 16 heavy (non-hydrogen) atoms. The van der Waals surface area contributed by atoms with Crippen molar-refractivity contribution in [2.24, 2.45) is 0 Å². The minimum Gasteiger partial charge on any atom is -0.400 e. The number of aromatic nitrogens is 2. The number of aldehydes is 1. The van der Waals surface area contributed by atoms with Crippen molar-refractivity contribution >= 4 is 28.9 Å². The second kappa shape index (κ2) is 7.84. The number of fused-ring (bicyclic) bond motifs is 1. The van der Waals surface area contributed by atoms with Gasteiger partial charge < -0.3 is 10.1 Å². The number of H-pyrrole nitrogens is 1. The number of rotatable bonds is 1. The normalized spacial score (nSPS) is 8.56. The molecular weight excluding hydrogens is 228 g/mol. The van der Waals surface area contributed by atoms with Crippen LogP contribution in [0.5, 0.6) is 0 Å². The van der Waals surface area contributed by atoms with Crippen LogP contribution in [0.15, 0.2) is 18.3 Å². The van der Waals surface area contributed by atoms with Crippen molar-refractivity contribution in [3.63, 3.8) is 0 Å². The van der Waals surface area contributed by atoms with Crippen LogP contribution in [0.25, 0.3) is 11.0 Å². The summed E-state index contributed by atoms with van der Waals surface area (Å²) in [4.78, 5) is 17.2. The highest BCUT2D eigenvalue weighted by atomic mass is 35.5. The Labute approximate surface area is 99.3 Å². The summed E-state index contributed by atoms with van der Waals surface area (Å²) in [6, 6.07) is 3.47. The molecule has 0 saturated heterocycles. The van der Waals surface area contributed by atoms with Crippen LogP contribution in [-0.4, -0.2) is 28.5 Å². The quantitative estimate of drug-likeness (QED) is 0.756. The maximum atomic E-state index is 10.4. The zero-order valence-corrected chi connectivity index (χ0v) is 10.2. The van der Waals surface area contributed by atoms with E-state index in [1.54, 1.807) is 12.1 Å². The molecule has 5 heteroatoms. The Kier molecular flexibility index (Phi) is 7.16. The van der Waals surface area contributed by atoms with Gasteiger partial charge in [-0.3, -0.25) is 4.79 Å². The van der Waals surface area contributed by atoms with E-state index in [1.807, 2.05) is 13.8 Å². The molecule has 0 aromatic carbocycles. The lowest BCUT2D eigenvalue weighted by molar-refractivity contribution is 0.111. The van der Waals surface area contributed by atoms with Gasteiger partial charge >= 0.3 is 0 Å². The van der Waals surface area contributed by atoms with Crippen LogP contribution < -0.4 is 0 Å². The first-order valence-electron chi connectivity index (χ1n) is 4.84. The fourth-order valence-electron chi connectivity index (χ4n) is 1.07. The second-order valence-corrected chi connectivity index (χ2v) is 2.87. The van der Waals surface area contributed by atoms with E-state index in [1.165, 1.54) is 6.20 Å². The van der Waals surface area contributed by atoms with Crippen LogP contribution in [0.4, 0.5) is 0 Å². The van der Waals surface area contributed by atoms with Crippen LogP contribution in [0.2, 0.25) is 5.02 Å². The number of carbonyl (C=O) groups excluding carboxylic acids is 1. The van der Waals surface area contributed by atoms with Crippen LogP contribution >= 0.6 is 11.6 Å². The number of aromatic amines is 1. The van der Waals surface area contributed by atoms with E-state index in [4.69, 9.17) is 16.7 Å². The van der Waals surface area contributed by atoms with Gasteiger partial charge in [0, 0.05) is 18.7 Å². The number of hydrogen-bond donors (Lipinski definition) is 2. The van der Waals surface area contributed by atoms with Gasteiger partial charge in [-0.1, -0.05) is 25.4 Å². The zero-order valence-electron chi connectivity index (χ0n) is 9.49. The van der Waals surface area contributed by atoms with E-state index in [0.29, 0.717) is 16.4 Å². The zero-order chi connectivity index (χ0) is 12.6. The molecule has 2 rings (SSSR count). The predicted octanol–water partition coefficient (Wildman–Crippen LogP) is 2.66. The van der Waals surface area contributed by atoms with Crippen LogP contribution in [0.3, 0.4) is 0 Å². The number of aliphatic hydroxyl groups is 1. The molecule has 0 aliphatic rings. The molecule has 0 saturated carbocycles. The molecule has 0 atom stereocenters. The maximum Gasteiger partial charge on any atom is 0.166 e. The first kappa shape index (κ1) is 14.6. The van der Waals surface area contributed by atoms with Gasteiger partial charge in [-0.05, 0) is 12.1 Å². The molecular formula is C11H15ClN2O2. The molecule has 0 fully saturated rings. The lowest BCUT2D eigenvalue weighted by Crippen LogP contribution is -1.77. The Hall–Kier alpha value is -1.39. The average molecular weight is 243 g/mol. The van der Waals surface area contributed by atoms with Crippen molar-refractivity contribution < 1.29 is 9.90 Å². The van der Waals surface area contributed by atoms with Crippen molar-refractivity contribution in [1.29, 1.82) is 0 Å². The highest BCUT2D eigenvalue weighted by Crippen LogP contribution is 2.16. The van der Waals surface area contributed by atoms with Gasteiger partial charge in [0.15, 0.2) is 6.29 Å². The number of hydrogen-bond acceptors (Lipinski definition) is 3. The Morgan fingerprint density at radius 2 is 2.00 bits per heavy atom. The van der Waals surface area contributed by atoms with Gasteiger partial charge in [-0.15, -0.1) is 0 Å². The van der Waals surface area contributed by atoms with E-state index in [-0.39, 0.29) is 0 Å². The Morgan fingerprint density at radius 1 is 1.38 bits per heavy atom. The Morgan fingerprint density at radius 3 is 2.56 bits per heavy atom. The third kappa shape index (κ3) is 3.64. The Balaban J connectivity index is 0.000000509. The summed E-state index contributed by atoms with van der Waals surface area (Å²) in [6.45, 7) is 4.00. The van der Waals surface area contributed by atoms with Gasteiger partial charge in [0.05, 0.1) is 10.7 Å². The summed E-state index contributed by atoms with van der Waals surface area (Å²) >= 11 is 5.71. The summed E-state index contributed by atoms with van der Waals surface area (Å²) in [7, 11) is 1.00. The van der Waals surface area contributed by atoms with E-state index in [0.717, 1.165) is 18.8 Å². The lowest BCUT2D eigenvalue weighted by Gasteiger charge is -1.87. The molecule has 2 heterocycles. The summed E-state index contributed by atoms with van der Waals surface area (Å²) in [5.74, 6) is 0. The number of aliphatic hydroxyl groups excluding tert-OH is 1.